The van der Waals surface area contributed by atoms with Gasteiger partial charge in [0.15, 0.2) is 0 Å². The SMILES string of the molecule is CC1(C)CC=C(c2cc(CCO)ccc2N)CC1. The highest BCUT2D eigenvalue weighted by Crippen LogP contribution is 2.39. The van der Waals surface area contributed by atoms with E-state index in [1.54, 1.807) is 0 Å². The quantitative estimate of drug-likeness (QED) is 0.802. The first-order valence-corrected chi connectivity index (χ1v) is 6.70. The van der Waals surface area contributed by atoms with Gasteiger partial charge in [0, 0.05) is 17.9 Å². The molecule has 1 aromatic rings. The number of aliphatic hydroxyl groups excluding tert-OH is 1. The summed E-state index contributed by atoms with van der Waals surface area (Å²) in [6.07, 6.45) is 6.46. The third-order valence-electron chi connectivity index (χ3n) is 3.84. The van der Waals surface area contributed by atoms with Crippen molar-refractivity contribution in [2.75, 3.05) is 12.3 Å². The fourth-order valence-electron chi connectivity index (χ4n) is 2.49. The highest BCUT2D eigenvalue weighted by molar-refractivity contribution is 5.76. The van der Waals surface area contributed by atoms with Crippen molar-refractivity contribution in [2.24, 2.45) is 5.41 Å². The van der Waals surface area contributed by atoms with Gasteiger partial charge in [0.25, 0.3) is 0 Å². The number of rotatable bonds is 3. The molecule has 98 valence electrons. The first-order chi connectivity index (χ1) is 8.52. The topological polar surface area (TPSA) is 46.2 Å². The van der Waals surface area contributed by atoms with Crippen molar-refractivity contribution in [2.45, 2.75) is 39.5 Å². The van der Waals surface area contributed by atoms with Crippen LogP contribution in [0.4, 0.5) is 5.69 Å². The average Bonchev–Trinajstić information content (AvgIpc) is 2.32. The summed E-state index contributed by atoms with van der Waals surface area (Å²) in [5, 5.41) is 9.01. The molecule has 1 aliphatic rings. The Hall–Kier alpha value is -1.28. The van der Waals surface area contributed by atoms with E-state index in [-0.39, 0.29) is 6.61 Å². The minimum atomic E-state index is 0.190. The molecule has 0 radical (unpaired) electrons. The van der Waals surface area contributed by atoms with Crippen LogP contribution in [0.15, 0.2) is 24.3 Å². The van der Waals surface area contributed by atoms with Crippen molar-refractivity contribution >= 4 is 11.3 Å². The van der Waals surface area contributed by atoms with Crippen LogP contribution < -0.4 is 5.73 Å². The Kier molecular flexibility index (Phi) is 3.76. The second-order valence-corrected chi connectivity index (χ2v) is 5.99. The Morgan fingerprint density at radius 2 is 2.11 bits per heavy atom. The van der Waals surface area contributed by atoms with E-state index in [9.17, 15) is 0 Å². The van der Waals surface area contributed by atoms with Crippen molar-refractivity contribution in [1.29, 1.82) is 0 Å². The van der Waals surface area contributed by atoms with Crippen molar-refractivity contribution in [3.8, 4) is 0 Å². The molecule has 1 aliphatic carbocycles. The lowest BCUT2D eigenvalue weighted by molar-refractivity contribution is 0.299. The second-order valence-electron chi connectivity index (χ2n) is 5.99. The van der Waals surface area contributed by atoms with E-state index in [0.29, 0.717) is 11.8 Å². The molecule has 2 rings (SSSR count). The van der Waals surface area contributed by atoms with Crippen LogP contribution in [0.5, 0.6) is 0 Å². The fraction of sp³-hybridized carbons (Fsp3) is 0.500. The monoisotopic (exact) mass is 245 g/mol. The Labute approximate surface area is 110 Å². The van der Waals surface area contributed by atoms with E-state index in [1.807, 2.05) is 12.1 Å². The van der Waals surface area contributed by atoms with Gasteiger partial charge >= 0.3 is 0 Å². The standard InChI is InChI=1S/C16H23NO/c1-16(2)8-5-13(6-9-16)14-11-12(7-10-18)3-4-15(14)17/h3-5,11,18H,6-10,17H2,1-2H3. The number of nitrogen functional groups attached to an aromatic ring is 1. The highest BCUT2D eigenvalue weighted by atomic mass is 16.2. The highest BCUT2D eigenvalue weighted by Gasteiger charge is 2.22. The molecule has 0 unspecified atom stereocenters. The summed E-state index contributed by atoms with van der Waals surface area (Å²) < 4.78 is 0. The van der Waals surface area contributed by atoms with Crippen LogP contribution in [0, 0.1) is 5.41 Å². The largest absolute Gasteiger partial charge is 0.398 e. The summed E-state index contributed by atoms with van der Waals surface area (Å²) in [5.41, 5.74) is 11.0. The van der Waals surface area contributed by atoms with Crippen LogP contribution in [0.3, 0.4) is 0 Å². The maximum absolute atomic E-state index is 9.01. The van der Waals surface area contributed by atoms with Gasteiger partial charge in [-0.05, 0) is 54.4 Å². The zero-order valence-electron chi connectivity index (χ0n) is 11.4. The first-order valence-electron chi connectivity index (χ1n) is 6.70. The van der Waals surface area contributed by atoms with E-state index in [1.165, 1.54) is 12.0 Å². The molecule has 0 saturated carbocycles. The molecule has 0 spiro atoms. The van der Waals surface area contributed by atoms with Gasteiger partial charge in [-0.2, -0.15) is 0 Å². The average molecular weight is 245 g/mol. The van der Waals surface area contributed by atoms with Crippen molar-refractivity contribution in [1.82, 2.24) is 0 Å². The third kappa shape index (κ3) is 2.94. The minimum Gasteiger partial charge on any atom is -0.398 e. The Balaban J connectivity index is 2.28. The molecule has 0 fully saturated rings. The molecule has 2 nitrogen and oxygen atoms in total. The lowest BCUT2D eigenvalue weighted by atomic mass is 9.76. The van der Waals surface area contributed by atoms with Crippen LogP contribution in [-0.4, -0.2) is 11.7 Å². The van der Waals surface area contributed by atoms with Crippen LogP contribution >= 0.6 is 0 Å². The lowest BCUT2D eigenvalue weighted by Gasteiger charge is -2.29. The number of hydrogen-bond acceptors (Lipinski definition) is 2. The minimum absolute atomic E-state index is 0.190. The number of anilines is 1. The number of aliphatic hydroxyl groups is 1. The van der Waals surface area contributed by atoms with Gasteiger partial charge in [-0.3, -0.25) is 0 Å². The Bertz CT molecular complexity index is 460. The summed E-state index contributed by atoms with van der Waals surface area (Å²) in [6, 6.07) is 6.10. The predicted molar refractivity (Wildman–Crippen MR) is 77.3 cm³/mol. The molecule has 0 bridgehead atoms. The van der Waals surface area contributed by atoms with Gasteiger partial charge in [0.2, 0.25) is 0 Å². The molecule has 2 heteroatoms. The van der Waals surface area contributed by atoms with E-state index in [0.717, 1.165) is 29.7 Å². The van der Waals surface area contributed by atoms with E-state index < -0.39 is 0 Å². The molecule has 0 atom stereocenters. The van der Waals surface area contributed by atoms with Gasteiger partial charge in [-0.1, -0.05) is 26.0 Å². The molecule has 18 heavy (non-hydrogen) atoms. The van der Waals surface area contributed by atoms with E-state index in [4.69, 9.17) is 10.8 Å². The van der Waals surface area contributed by atoms with Crippen LogP contribution in [-0.2, 0) is 6.42 Å². The van der Waals surface area contributed by atoms with Crippen LogP contribution in [0.1, 0.15) is 44.2 Å². The Morgan fingerprint density at radius 3 is 2.72 bits per heavy atom. The zero-order valence-corrected chi connectivity index (χ0v) is 11.4. The van der Waals surface area contributed by atoms with Gasteiger partial charge in [0.05, 0.1) is 0 Å². The molecule has 0 heterocycles. The maximum Gasteiger partial charge on any atom is 0.0471 e. The molecule has 3 N–H and O–H groups in total. The van der Waals surface area contributed by atoms with Gasteiger partial charge in [0.1, 0.15) is 0 Å². The molecule has 0 aliphatic heterocycles. The molecular formula is C16H23NO. The number of hydrogen-bond donors (Lipinski definition) is 2. The van der Waals surface area contributed by atoms with Crippen molar-refractivity contribution in [3.05, 3.63) is 35.4 Å². The third-order valence-corrected chi connectivity index (χ3v) is 3.84. The summed E-state index contributed by atoms with van der Waals surface area (Å²) in [5.74, 6) is 0. The summed E-state index contributed by atoms with van der Waals surface area (Å²) in [7, 11) is 0. The number of nitrogens with two attached hydrogens (primary N) is 1. The summed E-state index contributed by atoms with van der Waals surface area (Å²) in [6.45, 7) is 4.81. The predicted octanol–water partition coefficient (Wildman–Crippen LogP) is 3.40. The van der Waals surface area contributed by atoms with Gasteiger partial charge < -0.3 is 10.8 Å². The number of allylic oxidation sites excluding steroid dienone is 2. The second kappa shape index (κ2) is 5.15. The molecule has 0 amide bonds. The van der Waals surface area contributed by atoms with Crippen molar-refractivity contribution < 1.29 is 5.11 Å². The molecule has 0 aromatic heterocycles. The molecular weight excluding hydrogens is 222 g/mol. The van der Waals surface area contributed by atoms with E-state index in [2.05, 4.69) is 26.0 Å². The number of benzene rings is 1. The Morgan fingerprint density at radius 1 is 1.33 bits per heavy atom. The van der Waals surface area contributed by atoms with Crippen molar-refractivity contribution in [3.63, 3.8) is 0 Å². The normalized spacial score (nSPS) is 18.5. The zero-order chi connectivity index (χ0) is 13.2. The van der Waals surface area contributed by atoms with E-state index >= 15 is 0 Å². The smallest absolute Gasteiger partial charge is 0.0471 e. The van der Waals surface area contributed by atoms with Crippen LogP contribution in [0.2, 0.25) is 0 Å². The maximum atomic E-state index is 9.01. The van der Waals surface area contributed by atoms with Gasteiger partial charge in [-0.25, -0.2) is 0 Å². The van der Waals surface area contributed by atoms with Gasteiger partial charge in [-0.15, -0.1) is 0 Å². The van der Waals surface area contributed by atoms with Crippen LogP contribution in [0.25, 0.3) is 5.57 Å². The molecule has 1 aromatic carbocycles. The fourth-order valence-corrected chi connectivity index (χ4v) is 2.49. The molecule has 0 saturated heterocycles. The lowest BCUT2D eigenvalue weighted by Crippen LogP contribution is -2.14. The first kappa shape index (κ1) is 13.2. The summed E-state index contributed by atoms with van der Waals surface area (Å²) in [4.78, 5) is 0. The summed E-state index contributed by atoms with van der Waals surface area (Å²) >= 11 is 0.